The lowest BCUT2D eigenvalue weighted by Gasteiger charge is -2.22. The normalized spacial score (nSPS) is 34.8. The van der Waals surface area contributed by atoms with Gasteiger partial charge in [0.05, 0.1) is 0 Å². The highest BCUT2D eigenvalue weighted by atomic mass is 15.0. The summed E-state index contributed by atoms with van der Waals surface area (Å²) in [6.45, 7) is 8.17. The van der Waals surface area contributed by atoms with E-state index in [2.05, 4.69) is 32.4 Å². The summed E-state index contributed by atoms with van der Waals surface area (Å²) in [6.07, 6.45) is 1.29. The molecule has 1 heteroatoms. The van der Waals surface area contributed by atoms with Crippen molar-refractivity contribution >= 4 is 5.71 Å². The van der Waals surface area contributed by atoms with Crippen LogP contribution in [0.1, 0.15) is 27.2 Å². The number of hydrogen-bond donors (Lipinski definition) is 0. The first-order valence-electron chi connectivity index (χ1n) is 4.15. The fourth-order valence-corrected chi connectivity index (χ4v) is 1.59. The minimum absolute atomic E-state index is 0.869. The summed E-state index contributed by atoms with van der Waals surface area (Å²) in [4.78, 5) is 0. The largest absolute Gasteiger partial charge is 0.240 e. The summed E-state index contributed by atoms with van der Waals surface area (Å²) in [6, 6.07) is 0. The van der Waals surface area contributed by atoms with Crippen LogP contribution in [-0.4, -0.2) is 23.9 Å². The molecule has 0 amide bonds. The molecule has 0 spiro atoms. The van der Waals surface area contributed by atoms with E-state index in [0.29, 0.717) is 0 Å². The van der Waals surface area contributed by atoms with Crippen molar-refractivity contribution in [1.29, 1.82) is 0 Å². The first-order valence-corrected chi connectivity index (χ1v) is 4.15. The van der Waals surface area contributed by atoms with Crippen molar-refractivity contribution in [3.63, 3.8) is 0 Å². The Morgan fingerprint density at radius 2 is 1.90 bits per heavy atom. The van der Waals surface area contributed by atoms with Gasteiger partial charge in [0.25, 0.3) is 0 Å². The summed E-state index contributed by atoms with van der Waals surface area (Å²) in [5, 5.41) is 0. The monoisotopic (exact) mass is 140 g/mol. The zero-order valence-corrected chi connectivity index (χ0v) is 7.52. The maximum Gasteiger partial charge on any atom is 0.149 e. The molecule has 2 unspecified atom stereocenters. The highest BCUT2D eigenvalue weighted by Crippen LogP contribution is 2.19. The molecule has 0 radical (unpaired) electrons. The van der Waals surface area contributed by atoms with Gasteiger partial charge in [-0.1, -0.05) is 13.8 Å². The molecule has 0 fully saturated rings. The first kappa shape index (κ1) is 7.77. The van der Waals surface area contributed by atoms with E-state index < -0.39 is 0 Å². The van der Waals surface area contributed by atoms with Crippen LogP contribution < -0.4 is 0 Å². The lowest BCUT2D eigenvalue weighted by atomic mass is 9.88. The summed E-state index contributed by atoms with van der Waals surface area (Å²) >= 11 is 0. The average molecular weight is 140 g/mol. The van der Waals surface area contributed by atoms with Crippen LogP contribution in [-0.2, 0) is 0 Å². The Balaban J connectivity index is 2.69. The van der Waals surface area contributed by atoms with Crippen LogP contribution in [0.3, 0.4) is 0 Å². The third-order valence-corrected chi connectivity index (χ3v) is 2.80. The molecule has 0 aromatic rings. The van der Waals surface area contributed by atoms with Crippen molar-refractivity contribution in [3.8, 4) is 0 Å². The maximum atomic E-state index is 2.38. The van der Waals surface area contributed by atoms with Crippen LogP contribution in [0.25, 0.3) is 0 Å². The highest BCUT2D eigenvalue weighted by molar-refractivity contribution is 5.77. The van der Waals surface area contributed by atoms with Gasteiger partial charge in [-0.25, -0.2) is 4.58 Å². The lowest BCUT2D eigenvalue weighted by molar-refractivity contribution is -0.513. The van der Waals surface area contributed by atoms with E-state index in [4.69, 9.17) is 0 Å². The van der Waals surface area contributed by atoms with E-state index in [0.717, 1.165) is 11.8 Å². The molecule has 0 saturated carbocycles. The molecular formula is C9H18N+. The quantitative estimate of drug-likeness (QED) is 0.451. The summed E-state index contributed by atoms with van der Waals surface area (Å²) in [5.74, 6) is 1.75. The zero-order valence-electron chi connectivity index (χ0n) is 7.52. The Labute approximate surface area is 63.8 Å². The first-order chi connectivity index (χ1) is 4.61. The second kappa shape index (κ2) is 2.73. The van der Waals surface area contributed by atoms with Crippen molar-refractivity contribution in [2.24, 2.45) is 11.8 Å². The van der Waals surface area contributed by atoms with Crippen LogP contribution in [0.4, 0.5) is 0 Å². The van der Waals surface area contributed by atoms with Crippen molar-refractivity contribution in [3.05, 3.63) is 0 Å². The smallest absolute Gasteiger partial charge is 0.149 e. The molecule has 0 saturated heterocycles. The summed E-state index contributed by atoms with van der Waals surface area (Å²) in [7, 11) is 2.19. The van der Waals surface area contributed by atoms with Crippen molar-refractivity contribution in [2.45, 2.75) is 27.2 Å². The Bertz CT molecular complexity index is 140. The second-order valence-corrected chi connectivity index (χ2v) is 3.77. The second-order valence-electron chi connectivity index (χ2n) is 3.77. The maximum absolute atomic E-state index is 2.38. The molecule has 0 aromatic carbocycles. The topological polar surface area (TPSA) is 3.01 Å². The Morgan fingerprint density at radius 1 is 1.30 bits per heavy atom. The molecule has 58 valence electrons. The SMILES string of the molecule is CC1=[N+](C)CC(C)C(C)C1. The minimum Gasteiger partial charge on any atom is -0.240 e. The van der Waals surface area contributed by atoms with Gasteiger partial charge < -0.3 is 0 Å². The minimum atomic E-state index is 0.869. The zero-order chi connectivity index (χ0) is 7.72. The molecule has 2 atom stereocenters. The van der Waals surface area contributed by atoms with Crippen LogP contribution in [0.5, 0.6) is 0 Å². The molecule has 10 heavy (non-hydrogen) atoms. The predicted molar refractivity (Wildman–Crippen MR) is 44.7 cm³/mol. The van der Waals surface area contributed by atoms with Crippen LogP contribution >= 0.6 is 0 Å². The van der Waals surface area contributed by atoms with E-state index in [9.17, 15) is 0 Å². The molecule has 1 aliphatic rings. The van der Waals surface area contributed by atoms with Gasteiger partial charge in [0, 0.05) is 19.3 Å². The van der Waals surface area contributed by atoms with Crippen LogP contribution in [0.2, 0.25) is 0 Å². The van der Waals surface area contributed by atoms with E-state index in [-0.39, 0.29) is 0 Å². The third-order valence-electron chi connectivity index (χ3n) is 2.80. The number of rotatable bonds is 0. The van der Waals surface area contributed by atoms with Crippen molar-refractivity contribution < 1.29 is 4.58 Å². The van der Waals surface area contributed by atoms with Gasteiger partial charge in [0.15, 0.2) is 0 Å². The van der Waals surface area contributed by atoms with Crippen LogP contribution in [0.15, 0.2) is 0 Å². The molecule has 1 rings (SSSR count). The molecular weight excluding hydrogens is 122 g/mol. The van der Waals surface area contributed by atoms with Gasteiger partial charge >= 0.3 is 0 Å². The third kappa shape index (κ3) is 1.39. The van der Waals surface area contributed by atoms with Gasteiger partial charge in [-0.05, 0) is 5.92 Å². The molecule has 0 N–H and O–H groups in total. The van der Waals surface area contributed by atoms with Crippen LogP contribution in [0, 0.1) is 11.8 Å². The van der Waals surface area contributed by atoms with E-state index in [1.54, 1.807) is 5.71 Å². The summed E-state index contributed by atoms with van der Waals surface area (Å²) < 4.78 is 2.38. The molecule has 0 aromatic heterocycles. The molecule has 0 bridgehead atoms. The van der Waals surface area contributed by atoms with Gasteiger partial charge in [-0.15, -0.1) is 0 Å². The fraction of sp³-hybridized carbons (Fsp3) is 0.889. The van der Waals surface area contributed by atoms with Gasteiger partial charge in [0.2, 0.25) is 0 Å². The van der Waals surface area contributed by atoms with Crippen molar-refractivity contribution in [1.82, 2.24) is 0 Å². The van der Waals surface area contributed by atoms with E-state index in [1.807, 2.05) is 0 Å². The molecule has 1 nitrogen and oxygen atoms in total. The number of nitrogens with zero attached hydrogens (tertiary/aromatic N) is 1. The summed E-state index contributed by atoms with van der Waals surface area (Å²) in [5.41, 5.74) is 1.55. The standard InChI is InChI=1S/C9H18N/c1-7-5-9(3)10(4)6-8(7)2/h7-8H,5-6H2,1-4H3/q+1. The van der Waals surface area contributed by atoms with Gasteiger partial charge in [-0.3, -0.25) is 0 Å². The van der Waals surface area contributed by atoms with Gasteiger partial charge in [0.1, 0.15) is 19.3 Å². The molecule has 0 aliphatic carbocycles. The molecule has 1 aliphatic heterocycles. The predicted octanol–water partition coefficient (Wildman–Crippen LogP) is 1.77. The van der Waals surface area contributed by atoms with E-state index >= 15 is 0 Å². The average Bonchev–Trinajstić information content (AvgIpc) is 1.84. The molecule has 1 heterocycles. The van der Waals surface area contributed by atoms with Crippen molar-refractivity contribution in [2.75, 3.05) is 13.6 Å². The Kier molecular flexibility index (Phi) is 2.12. The lowest BCUT2D eigenvalue weighted by Crippen LogP contribution is -2.32. The fourth-order valence-electron chi connectivity index (χ4n) is 1.59. The Morgan fingerprint density at radius 3 is 2.40 bits per heavy atom. The number of hydrogen-bond acceptors (Lipinski definition) is 0. The van der Waals surface area contributed by atoms with E-state index in [1.165, 1.54) is 13.0 Å². The van der Waals surface area contributed by atoms with Gasteiger partial charge in [-0.2, -0.15) is 0 Å². The Hall–Kier alpha value is -0.330. The highest BCUT2D eigenvalue weighted by Gasteiger charge is 2.24.